The summed E-state index contributed by atoms with van der Waals surface area (Å²) in [5.74, 6) is 9.13. The summed E-state index contributed by atoms with van der Waals surface area (Å²) >= 11 is 0. The van der Waals surface area contributed by atoms with Gasteiger partial charge in [0.25, 0.3) is 0 Å². The fourth-order valence-corrected chi connectivity index (χ4v) is 5.81. The molecule has 28 heavy (non-hydrogen) atoms. The lowest BCUT2D eigenvalue weighted by Crippen LogP contribution is -2.40. The molecule has 160 valence electrons. The van der Waals surface area contributed by atoms with Gasteiger partial charge in [0.2, 0.25) is 5.79 Å². The van der Waals surface area contributed by atoms with Crippen molar-refractivity contribution in [2.75, 3.05) is 6.61 Å². The summed E-state index contributed by atoms with van der Waals surface area (Å²) in [6.07, 6.45) is 19.3. The van der Waals surface area contributed by atoms with Crippen molar-refractivity contribution >= 4 is 0 Å². The molecule has 2 saturated carbocycles. The van der Waals surface area contributed by atoms with Crippen LogP contribution in [0.3, 0.4) is 0 Å². The smallest absolute Gasteiger partial charge is 0.231 e. The van der Waals surface area contributed by atoms with Crippen molar-refractivity contribution in [2.45, 2.75) is 116 Å². The van der Waals surface area contributed by atoms with Crippen LogP contribution in [0.5, 0.6) is 0 Å². The molecule has 3 rings (SSSR count). The maximum Gasteiger partial charge on any atom is 0.231 e. The van der Waals surface area contributed by atoms with Crippen molar-refractivity contribution in [3.8, 4) is 11.8 Å². The Hall–Kier alpha value is -0.520. The molecule has 0 aromatic carbocycles. The lowest BCUT2D eigenvalue weighted by atomic mass is 9.72. The van der Waals surface area contributed by atoms with Gasteiger partial charge in [-0.15, -0.1) is 0 Å². The maximum absolute atomic E-state index is 10.8. The molecular weight excluding hydrogens is 344 g/mol. The average molecular weight is 389 g/mol. The molecule has 3 aliphatic rings. The molecular formula is C26H44O2. The number of unbranched alkanes of at least 4 members (excludes halogenated alkanes) is 2. The third-order valence-electron chi connectivity index (χ3n) is 8.06. The zero-order valence-electron chi connectivity index (χ0n) is 18.6. The van der Waals surface area contributed by atoms with Gasteiger partial charge >= 0.3 is 0 Å². The summed E-state index contributed by atoms with van der Waals surface area (Å²) in [7, 11) is 0. The van der Waals surface area contributed by atoms with Crippen LogP contribution in [-0.2, 0) is 4.74 Å². The van der Waals surface area contributed by atoms with Crippen LogP contribution in [-0.4, -0.2) is 17.5 Å². The van der Waals surface area contributed by atoms with E-state index in [1.807, 2.05) is 0 Å². The molecule has 0 amide bonds. The molecule has 3 fully saturated rings. The standard InChI is InChI=1S/C26H44O2/c1-3-5-6-7-22-12-14-24(15-13-22)25-17-19-26(27,28-20-25)18-16-23-10-8-21(4-2)9-11-23/h21-25,27H,3-15,17,19-20H2,1-2H3. The predicted molar refractivity (Wildman–Crippen MR) is 117 cm³/mol. The quantitative estimate of drug-likeness (QED) is 0.405. The van der Waals surface area contributed by atoms with Gasteiger partial charge in [-0.1, -0.05) is 64.7 Å². The molecule has 2 nitrogen and oxygen atoms in total. The van der Waals surface area contributed by atoms with Crippen LogP contribution < -0.4 is 0 Å². The average Bonchev–Trinajstić information content (AvgIpc) is 2.74. The van der Waals surface area contributed by atoms with Crippen LogP contribution in [0.15, 0.2) is 0 Å². The van der Waals surface area contributed by atoms with Gasteiger partial charge in [-0.2, -0.15) is 0 Å². The summed E-state index contributed by atoms with van der Waals surface area (Å²) < 4.78 is 5.95. The molecule has 1 saturated heterocycles. The Balaban J connectivity index is 1.38. The normalized spacial score (nSPS) is 39.2. The molecule has 1 N–H and O–H groups in total. The Morgan fingerprint density at radius 1 is 0.857 bits per heavy atom. The first-order valence-electron chi connectivity index (χ1n) is 12.5. The van der Waals surface area contributed by atoms with Crippen LogP contribution in [0, 0.1) is 41.4 Å². The molecule has 2 aliphatic carbocycles. The van der Waals surface area contributed by atoms with Gasteiger partial charge < -0.3 is 9.84 Å². The van der Waals surface area contributed by atoms with Crippen molar-refractivity contribution < 1.29 is 9.84 Å². The van der Waals surface area contributed by atoms with Crippen LogP contribution in [0.25, 0.3) is 0 Å². The fraction of sp³-hybridized carbons (Fsp3) is 0.923. The van der Waals surface area contributed by atoms with Crippen molar-refractivity contribution in [1.29, 1.82) is 0 Å². The minimum Gasteiger partial charge on any atom is -0.356 e. The SMILES string of the molecule is CCCCCC1CCC(C2CCC(O)(C#CC3CCC(CC)CC3)OC2)CC1. The van der Waals surface area contributed by atoms with E-state index in [0.717, 1.165) is 24.2 Å². The van der Waals surface area contributed by atoms with Crippen molar-refractivity contribution in [3.05, 3.63) is 0 Å². The van der Waals surface area contributed by atoms with E-state index in [2.05, 4.69) is 25.7 Å². The molecule has 0 aromatic rings. The highest BCUT2D eigenvalue weighted by Crippen LogP contribution is 2.40. The summed E-state index contributed by atoms with van der Waals surface area (Å²) in [5.41, 5.74) is 0. The molecule has 2 unspecified atom stereocenters. The van der Waals surface area contributed by atoms with Gasteiger partial charge in [0, 0.05) is 12.3 Å². The Bertz CT molecular complexity index is 492. The Morgan fingerprint density at radius 2 is 1.57 bits per heavy atom. The van der Waals surface area contributed by atoms with E-state index in [-0.39, 0.29) is 0 Å². The Morgan fingerprint density at radius 3 is 2.18 bits per heavy atom. The minimum absolute atomic E-state index is 0.469. The van der Waals surface area contributed by atoms with Gasteiger partial charge in [0.1, 0.15) is 0 Å². The van der Waals surface area contributed by atoms with E-state index < -0.39 is 5.79 Å². The molecule has 0 spiro atoms. The van der Waals surface area contributed by atoms with E-state index in [1.54, 1.807) is 0 Å². The third-order valence-corrected chi connectivity index (χ3v) is 8.06. The number of aliphatic hydroxyl groups is 1. The summed E-state index contributed by atoms with van der Waals surface area (Å²) in [6.45, 7) is 5.30. The Kier molecular flexibility index (Phi) is 8.73. The van der Waals surface area contributed by atoms with Gasteiger partial charge in [-0.25, -0.2) is 0 Å². The zero-order chi connectivity index (χ0) is 19.8. The van der Waals surface area contributed by atoms with Crippen molar-refractivity contribution in [3.63, 3.8) is 0 Å². The number of ether oxygens (including phenoxy) is 1. The molecule has 0 bridgehead atoms. The second kappa shape index (κ2) is 11.0. The van der Waals surface area contributed by atoms with Crippen molar-refractivity contribution in [1.82, 2.24) is 0 Å². The molecule has 0 aromatic heterocycles. The largest absolute Gasteiger partial charge is 0.356 e. The van der Waals surface area contributed by atoms with E-state index >= 15 is 0 Å². The second-order valence-electron chi connectivity index (χ2n) is 10.1. The van der Waals surface area contributed by atoms with Crippen molar-refractivity contribution in [2.24, 2.45) is 29.6 Å². The fourth-order valence-electron chi connectivity index (χ4n) is 5.81. The first-order chi connectivity index (χ1) is 13.6. The van der Waals surface area contributed by atoms with E-state index in [1.165, 1.54) is 83.5 Å². The molecule has 2 heteroatoms. The van der Waals surface area contributed by atoms with Crippen LogP contribution >= 0.6 is 0 Å². The second-order valence-corrected chi connectivity index (χ2v) is 10.1. The van der Waals surface area contributed by atoms with Gasteiger partial charge in [-0.05, 0) is 74.5 Å². The van der Waals surface area contributed by atoms with Gasteiger partial charge in [0.05, 0.1) is 6.61 Å². The lowest BCUT2D eigenvalue weighted by Gasteiger charge is -2.39. The third kappa shape index (κ3) is 6.50. The molecule has 2 atom stereocenters. The molecule has 0 radical (unpaired) electrons. The highest BCUT2D eigenvalue weighted by atomic mass is 16.6. The summed E-state index contributed by atoms with van der Waals surface area (Å²) in [6, 6.07) is 0. The molecule has 1 aliphatic heterocycles. The van der Waals surface area contributed by atoms with Crippen LogP contribution in [0.2, 0.25) is 0 Å². The van der Waals surface area contributed by atoms with Gasteiger partial charge in [-0.3, -0.25) is 0 Å². The topological polar surface area (TPSA) is 29.5 Å². The highest BCUT2D eigenvalue weighted by Gasteiger charge is 2.37. The first-order valence-corrected chi connectivity index (χ1v) is 12.5. The zero-order valence-corrected chi connectivity index (χ0v) is 18.6. The monoisotopic (exact) mass is 388 g/mol. The maximum atomic E-state index is 10.8. The highest BCUT2D eigenvalue weighted by molar-refractivity contribution is 5.13. The van der Waals surface area contributed by atoms with E-state index in [9.17, 15) is 5.11 Å². The lowest BCUT2D eigenvalue weighted by molar-refractivity contribution is -0.201. The number of hydrogen-bond acceptors (Lipinski definition) is 2. The Labute approximate surface area is 174 Å². The number of rotatable bonds is 6. The van der Waals surface area contributed by atoms with Crippen LogP contribution in [0.1, 0.15) is 110 Å². The summed E-state index contributed by atoms with van der Waals surface area (Å²) in [5, 5.41) is 10.8. The molecule has 1 heterocycles. The summed E-state index contributed by atoms with van der Waals surface area (Å²) in [4.78, 5) is 0. The predicted octanol–water partition coefficient (Wildman–Crippen LogP) is 6.71. The van der Waals surface area contributed by atoms with E-state index in [4.69, 9.17) is 4.74 Å². The first kappa shape index (κ1) is 22.2. The van der Waals surface area contributed by atoms with Gasteiger partial charge in [0.15, 0.2) is 0 Å². The van der Waals surface area contributed by atoms with Crippen LogP contribution in [0.4, 0.5) is 0 Å². The van der Waals surface area contributed by atoms with E-state index in [0.29, 0.717) is 24.9 Å². The minimum atomic E-state index is -1.17. The number of hydrogen-bond donors (Lipinski definition) is 1.